The van der Waals surface area contributed by atoms with Crippen molar-refractivity contribution in [3.8, 4) is 0 Å². The first kappa shape index (κ1) is 17.1. The number of hydrogen-bond donors (Lipinski definition) is 2. The van der Waals surface area contributed by atoms with E-state index in [0.717, 1.165) is 24.5 Å². The molecule has 0 spiro atoms. The lowest BCUT2D eigenvalue weighted by atomic mass is 10.3. The van der Waals surface area contributed by atoms with E-state index in [-0.39, 0.29) is 17.6 Å². The lowest BCUT2D eigenvalue weighted by molar-refractivity contribution is 0.0939. The third-order valence-electron chi connectivity index (χ3n) is 2.57. The summed E-state index contributed by atoms with van der Waals surface area (Å²) in [5, 5.41) is 6.45. The number of halogens is 1. The molecule has 0 radical (unpaired) electrons. The number of aromatic nitrogens is 1. The molecule has 1 heterocycles. The molecule has 112 valence electrons. The number of pyridine rings is 1. The number of rotatable bonds is 8. The Hall–Kier alpha value is -0.940. The molecule has 0 saturated carbocycles. The maximum atomic E-state index is 12.2. The van der Waals surface area contributed by atoms with E-state index in [1.54, 1.807) is 23.9 Å². The fraction of sp³-hybridized carbons (Fsp3) is 0.571. The Morgan fingerprint density at radius 2 is 2.20 bits per heavy atom. The molecule has 0 saturated heterocycles. The Morgan fingerprint density at radius 3 is 2.85 bits per heavy atom. The van der Waals surface area contributed by atoms with E-state index in [1.165, 1.54) is 0 Å². The van der Waals surface area contributed by atoms with Crippen LogP contribution in [0.2, 0.25) is 5.02 Å². The van der Waals surface area contributed by atoms with Gasteiger partial charge in [-0.3, -0.25) is 4.79 Å². The predicted octanol–water partition coefficient (Wildman–Crippen LogP) is 3.43. The van der Waals surface area contributed by atoms with Gasteiger partial charge in [0.2, 0.25) is 0 Å². The number of hydrogen-bond acceptors (Lipinski definition) is 4. The van der Waals surface area contributed by atoms with E-state index in [0.29, 0.717) is 10.8 Å². The van der Waals surface area contributed by atoms with Crippen LogP contribution in [0.5, 0.6) is 0 Å². The van der Waals surface area contributed by atoms with E-state index in [9.17, 15) is 4.79 Å². The summed E-state index contributed by atoms with van der Waals surface area (Å²) in [5.74, 6) is 2.37. The highest BCUT2D eigenvalue weighted by molar-refractivity contribution is 7.99. The number of carbonyl (C=O) groups excluding carboxylic acids is 1. The summed E-state index contributed by atoms with van der Waals surface area (Å²) < 4.78 is 0. The first-order valence-electron chi connectivity index (χ1n) is 6.87. The first-order chi connectivity index (χ1) is 9.58. The maximum absolute atomic E-state index is 12.2. The molecule has 1 unspecified atom stereocenters. The molecule has 0 bridgehead atoms. The van der Waals surface area contributed by atoms with Crippen LogP contribution in [-0.2, 0) is 0 Å². The number of thioether (sulfide) groups is 1. The van der Waals surface area contributed by atoms with Gasteiger partial charge in [-0.2, -0.15) is 11.8 Å². The van der Waals surface area contributed by atoms with Crippen LogP contribution in [0, 0.1) is 0 Å². The summed E-state index contributed by atoms with van der Waals surface area (Å²) in [7, 11) is 0. The topological polar surface area (TPSA) is 54.0 Å². The van der Waals surface area contributed by atoms with E-state index in [4.69, 9.17) is 11.6 Å². The lowest BCUT2D eigenvalue weighted by Crippen LogP contribution is -2.35. The van der Waals surface area contributed by atoms with E-state index >= 15 is 0 Å². The molecular formula is C14H22ClN3OS. The number of carbonyl (C=O) groups is 1. The van der Waals surface area contributed by atoms with Crippen LogP contribution in [0.1, 0.15) is 37.7 Å². The molecule has 4 nitrogen and oxygen atoms in total. The van der Waals surface area contributed by atoms with E-state index in [1.807, 2.05) is 6.92 Å². The minimum Gasteiger partial charge on any atom is -0.370 e. The Morgan fingerprint density at radius 1 is 1.45 bits per heavy atom. The molecule has 0 aliphatic rings. The largest absolute Gasteiger partial charge is 0.370 e. The summed E-state index contributed by atoms with van der Waals surface area (Å²) in [6.45, 7) is 6.97. The Kier molecular flexibility index (Phi) is 7.77. The van der Waals surface area contributed by atoms with Crippen molar-refractivity contribution in [3.05, 3.63) is 22.8 Å². The van der Waals surface area contributed by atoms with Crippen LogP contribution in [0.3, 0.4) is 0 Å². The second-order valence-electron chi connectivity index (χ2n) is 4.49. The van der Waals surface area contributed by atoms with Gasteiger partial charge in [-0.25, -0.2) is 4.98 Å². The highest BCUT2D eigenvalue weighted by atomic mass is 35.5. The minimum atomic E-state index is -0.223. The molecule has 1 amide bonds. The average molecular weight is 316 g/mol. The van der Waals surface area contributed by atoms with Crippen LogP contribution in [-0.4, -0.2) is 35.0 Å². The standard InChI is InChI=1S/C14H22ClN3OS/c1-4-8-16-12-7-6-11(15)13(18-12)14(19)17-10(3)9-20-5-2/h6-7,10H,4-5,8-9H2,1-3H3,(H,16,18)(H,17,19). The van der Waals surface area contributed by atoms with Gasteiger partial charge in [-0.1, -0.05) is 25.4 Å². The molecule has 0 fully saturated rings. The van der Waals surface area contributed by atoms with Gasteiger partial charge >= 0.3 is 0 Å². The van der Waals surface area contributed by atoms with Gasteiger partial charge in [0, 0.05) is 18.3 Å². The lowest BCUT2D eigenvalue weighted by Gasteiger charge is -2.14. The Balaban J connectivity index is 2.70. The van der Waals surface area contributed by atoms with Crippen molar-refractivity contribution in [3.63, 3.8) is 0 Å². The summed E-state index contributed by atoms with van der Waals surface area (Å²) >= 11 is 7.85. The van der Waals surface area contributed by atoms with Crippen LogP contribution in [0.4, 0.5) is 5.82 Å². The van der Waals surface area contributed by atoms with Gasteiger partial charge in [0.15, 0.2) is 0 Å². The van der Waals surface area contributed by atoms with Gasteiger partial charge in [0.1, 0.15) is 11.5 Å². The van der Waals surface area contributed by atoms with Crippen molar-refractivity contribution in [2.45, 2.75) is 33.2 Å². The molecule has 2 N–H and O–H groups in total. The van der Waals surface area contributed by atoms with Gasteiger partial charge in [0.05, 0.1) is 5.02 Å². The SMILES string of the molecule is CCCNc1ccc(Cl)c(C(=O)NC(C)CSCC)n1. The first-order valence-corrected chi connectivity index (χ1v) is 8.40. The predicted molar refractivity (Wildman–Crippen MR) is 88.0 cm³/mol. The molecule has 20 heavy (non-hydrogen) atoms. The average Bonchev–Trinajstić information content (AvgIpc) is 2.44. The van der Waals surface area contributed by atoms with Crippen molar-refractivity contribution in [2.75, 3.05) is 23.4 Å². The third-order valence-corrected chi connectivity index (χ3v) is 4.02. The number of anilines is 1. The molecule has 0 aromatic carbocycles. The molecule has 0 aliphatic heterocycles. The smallest absolute Gasteiger partial charge is 0.271 e. The van der Waals surface area contributed by atoms with Crippen LogP contribution >= 0.6 is 23.4 Å². The van der Waals surface area contributed by atoms with Crippen molar-refractivity contribution in [2.24, 2.45) is 0 Å². The van der Waals surface area contributed by atoms with Crippen molar-refractivity contribution >= 4 is 35.1 Å². The Labute approximate surface area is 130 Å². The number of nitrogens with zero attached hydrogens (tertiary/aromatic N) is 1. The zero-order valence-electron chi connectivity index (χ0n) is 12.2. The maximum Gasteiger partial charge on any atom is 0.271 e. The van der Waals surface area contributed by atoms with Crippen LogP contribution < -0.4 is 10.6 Å². The zero-order valence-corrected chi connectivity index (χ0v) is 13.8. The fourth-order valence-corrected chi connectivity index (χ4v) is 2.45. The zero-order chi connectivity index (χ0) is 15.0. The minimum absolute atomic E-state index is 0.0950. The normalized spacial score (nSPS) is 12.0. The fourth-order valence-electron chi connectivity index (χ4n) is 1.58. The van der Waals surface area contributed by atoms with Crippen molar-refractivity contribution < 1.29 is 4.79 Å². The number of amides is 1. The summed E-state index contributed by atoms with van der Waals surface area (Å²) in [5.41, 5.74) is 0.279. The van der Waals surface area contributed by atoms with Crippen molar-refractivity contribution in [1.29, 1.82) is 0 Å². The van der Waals surface area contributed by atoms with Crippen LogP contribution in [0.15, 0.2) is 12.1 Å². The van der Waals surface area contributed by atoms with Gasteiger partial charge in [-0.05, 0) is 31.2 Å². The molecule has 0 aliphatic carbocycles. The molecule has 6 heteroatoms. The van der Waals surface area contributed by atoms with Gasteiger partial charge in [-0.15, -0.1) is 0 Å². The molecule has 1 rings (SSSR count). The monoisotopic (exact) mass is 315 g/mol. The molecule has 1 aromatic rings. The quantitative estimate of drug-likeness (QED) is 0.771. The summed E-state index contributed by atoms with van der Waals surface area (Å²) in [6.07, 6.45) is 0.997. The van der Waals surface area contributed by atoms with Crippen LogP contribution in [0.25, 0.3) is 0 Å². The number of nitrogens with one attached hydrogen (secondary N) is 2. The van der Waals surface area contributed by atoms with E-state index in [2.05, 4.69) is 29.5 Å². The second-order valence-corrected chi connectivity index (χ2v) is 6.21. The highest BCUT2D eigenvalue weighted by Gasteiger charge is 2.15. The highest BCUT2D eigenvalue weighted by Crippen LogP contribution is 2.17. The van der Waals surface area contributed by atoms with E-state index < -0.39 is 0 Å². The summed E-state index contributed by atoms with van der Waals surface area (Å²) in [4.78, 5) is 16.5. The molecule has 1 aromatic heterocycles. The summed E-state index contributed by atoms with van der Waals surface area (Å²) in [6, 6.07) is 3.58. The van der Waals surface area contributed by atoms with Gasteiger partial charge < -0.3 is 10.6 Å². The molecular weight excluding hydrogens is 294 g/mol. The molecule has 1 atom stereocenters. The van der Waals surface area contributed by atoms with Gasteiger partial charge in [0.25, 0.3) is 5.91 Å². The van der Waals surface area contributed by atoms with Crippen molar-refractivity contribution in [1.82, 2.24) is 10.3 Å². The Bertz CT molecular complexity index is 442. The second kappa shape index (κ2) is 9.08. The third kappa shape index (κ3) is 5.59.